The molecule has 5 aromatic heterocycles. The lowest BCUT2D eigenvalue weighted by atomic mass is 9.99. The van der Waals surface area contributed by atoms with Crippen LogP contribution in [0.4, 0.5) is 0 Å². The number of fused-ring (bicyclic) bond motifs is 2. The number of thiophene rings is 1. The highest BCUT2D eigenvalue weighted by Crippen LogP contribution is 2.35. The van der Waals surface area contributed by atoms with E-state index in [1.165, 1.54) is 22.5 Å². The minimum absolute atomic E-state index is 0.0466. The van der Waals surface area contributed by atoms with E-state index < -0.39 is 0 Å². The number of carbonyl (C=O) groups excluding carboxylic acids is 1. The van der Waals surface area contributed by atoms with Crippen LogP contribution in [0.5, 0.6) is 0 Å². The third kappa shape index (κ3) is 3.25. The van der Waals surface area contributed by atoms with Crippen molar-refractivity contribution < 1.29 is 9.21 Å². The molecule has 0 saturated heterocycles. The predicted molar refractivity (Wildman–Crippen MR) is 129 cm³/mol. The van der Waals surface area contributed by atoms with E-state index in [9.17, 15) is 4.79 Å². The van der Waals surface area contributed by atoms with Crippen molar-refractivity contribution in [3.05, 3.63) is 70.7 Å². The fourth-order valence-corrected chi connectivity index (χ4v) is 5.72. The number of aromatic amines is 1. The van der Waals surface area contributed by atoms with Gasteiger partial charge in [-0.3, -0.25) is 4.79 Å². The van der Waals surface area contributed by atoms with Crippen LogP contribution in [0.1, 0.15) is 32.9 Å². The first kappa shape index (κ1) is 19.9. The summed E-state index contributed by atoms with van der Waals surface area (Å²) in [4.78, 5) is 33.8. The Morgan fingerprint density at radius 2 is 2.12 bits per heavy atom. The van der Waals surface area contributed by atoms with Crippen LogP contribution in [-0.2, 0) is 0 Å². The second-order valence-electron chi connectivity index (χ2n) is 8.18. The Morgan fingerprint density at radius 1 is 1.21 bits per heavy atom. The fourth-order valence-electron chi connectivity index (χ4n) is 4.52. The molecule has 1 aliphatic rings. The van der Waals surface area contributed by atoms with Crippen molar-refractivity contribution in [2.45, 2.75) is 20.3 Å². The number of amides is 1. The summed E-state index contributed by atoms with van der Waals surface area (Å²) in [5.41, 5.74) is 5.10. The third-order valence-corrected chi connectivity index (χ3v) is 7.37. The summed E-state index contributed by atoms with van der Waals surface area (Å²) in [6, 6.07) is 7.69. The van der Waals surface area contributed by atoms with Gasteiger partial charge in [0.1, 0.15) is 10.5 Å². The number of hydrogen-bond donors (Lipinski definition) is 1. The molecule has 5 aromatic rings. The van der Waals surface area contributed by atoms with Crippen molar-refractivity contribution in [3.63, 3.8) is 0 Å². The Labute approximate surface area is 193 Å². The normalized spacial score (nSPS) is 14.2. The van der Waals surface area contributed by atoms with E-state index in [1.54, 1.807) is 12.5 Å². The zero-order valence-corrected chi connectivity index (χ0v) is 19.1. The lowest BCUT2D eigenvalue weighted by molar-refractivity contribution is 0.0777. The molecule has 1 N–H and O–H groups in total. The standard InChI is InChI=1S/C25H21N5O2S/c1-14-20-15(2)28-23(19-6-4-12-32-19)29-24(20)33-21(14)25(31)30-10-7-16(8-11-30)18-13-27-22-17(18)5-3-9-26-22/h3-7,9,12-13H,8,10-11H2,1-2H3,(H,26,27). The van der Waals surface area contributed by atoms with Gasteiger partial charge in [-0.05, 0) is 55.7 Å². The highest BCUT2D eigenvalue weighted by atomic mass is 32.1. The first-order chi connectivity index (χ1) is 16.1. The highest BCUT2D eigenvalue weighted by Gasteiger charge is 2.26. The zero-order valence-electron chi connectivity index (χ0n) is 18.3. The molecule has 1 amide bonds. The Bertz CT molecular complexity index is 1540. The van der Waals surface area contributed by atoms with Gasteiger partial charge in [-0.2, -0.15) is 0 Å². The Balaban J connectivity index is 1.30. The van der Waals surface area contributed by atoms with Crippen LogP contribution in [0.15, 0.2) is 53.4 Å². The summed E-state index contributed by atoms with van der Waals surface area (Å²) < 4.78 is 5.46. The van der Waals surface area contributed by atoms with Crippen LogP contribution < -0.4 is 0 Å². The van der Waals surface area contributed by atoms with E-state index in [4.69, 9.17) is 4.42 Å². The van der Waals surface area contributed by atoms with Crippen LogP contribution in [-0.4, -0.2) is 43.8 Å². The number of aryl methyl sites for hydroxylation is 2. The van der Waals surface area contributed by atoms with Crippen LogP contribution in [0.2, 0.25) is 0 Å². The predicted octanol–water partition coefficient (Wildman–Crippen LogP) is 5.37. The quantitative estimate of drug-likeness (QED) is 0.395. The van der Waals surface area contributed by atoms with Crippen molar-refractivity contribution in [1.29, 1.82) is 0 Å². The minimum Gasteiger partial charge on any atom is -0.461 e. The number of hydrogen-bond acceptors (Lipinski definition) is 6. The van der Waals surface area contributed by atoms with Gasteiger partial charge in [-0.25, -0.2) is 15.0 Å². The van der Waals surface area contributed by atoms with Crippen molar-refractivity contribution in [2.75, 3.05) is 13.1 Å². The molecule has 6 rings (SSSR count). The summed E-state index contributed by atoms with van der Waals surface area (Å²) in [5, 5.41) is 2.07. The molecule has 0 atom stereocenters. The highest BCUT2D eigenvalue weighted by molar-refractivity contribution is 7.20. The second kappa shape index (κ2) is 7.67. The first-order valence-corrected chi connectivity index (χ1v) is 11.6. The van der Waals surface area contributed by atoms with E-state index in [-0.39, 0.29) is 5.91 Å². The van der Waals surface area contributed by atoms with Gasteiger partial charge < -0.3 is 14.3 Å². The molecule has 0 aromatic carbocycles. The van der Waals surface area contributed by atoms with Crippen LogP contribution in [0.3, 0.4) is 0 Å². The van der Waals surface area contributed by atoms with E-state index in [0.717, 1.165) is 43.8 Å². The molecule has 0 unspecified atom stereocenters. The molecule has 164 valence electrons. The van der Waals surface area contributed by atoms with Gasteiger partial charge in [0.05, 0.1) is 16.8 Å². The molecule has 0 fully saturated rings. The molecule has 7 nitrogen and oxygen atoms in total. The molecule has 0 spiro atoms. The largest absolute Gasteiger partial charge is 0.461 e. The molecule has 1 aliphatic heterocycles. The zero-order chi connectivity index (χ0) is 22.5. The molecule has 0 radical (unpaired) electrons. The van der Waals surface area contributed by atoms with Gasteiger partial charge in [0.25, 0.3) is 5.91 Å². The molecular formula is C25H21N5O2S. The maximum Gasteiger partial charge on any atom is 0.264 e. The SMILES string of the molecule is Cc1nc(-c2ccco2)nc2sc(C(=O)N3CC=C(c4c[nH]c5ncccc45)CC3)c(C)c12. The van der Waals surface area contributed by atoms with Gasteiger partial charge >= 0.3 is 0 Å². The second-order valence-corrected chi connectivity index (χ2v) is 9.18. The minimum atomic E-state index is 0.0466. The topological polar surface area (TPSA) is 87.9 Å². The molecule has 0 aliphatic carbocycles. The molecule has 0 saturated carbocycles. The van der Waals surface area contributed by atoms with Gasteiger partial charge in [-0.15, -0.1) is 11.3 Å². The fraction of sp³-hybridized carbons (Fsp3) is 0.200. The summed E-state index contributed by atoms with van der Waals surface area (Å²) in [6.45, 7) is 5.19. The number of H-pyrrole nitrogens is 1. The van der Waals surface area contributed by atoms with Gasteiger partial charge in [0.2, 0.25) is 0 Å². The number of rotatable bonds is 3. The Morgan fingerprint density at radius 3 is 2.91 bits per heavy atom. The smallest absolute Gasteiger partial charge is 0.264 e. The van der Waals surface area contributed by atoms with E-state index in [2.05, 4.69) is 32.1 Å². The van der Waals surface area contributed by atoms with Crippen molar-refractivity contribution >= 4 is 44.1 Å². The number of carbonyl (C=O) groups is 1. The first-order valence-electron chi connectivity index (χ1n) is 10.8. The number of furan rings is 1. The van der Waals surface area contributed by atoms with E-state index in [1.807, 2.05) is 43.1 Å². The lowest BCUT2D eigenvalue weighted by Crippen LogP contribution is -2.34. The maximum absolute atomic E-state index is 13.4. The summed E-state index contributed by atoms with van der Waals surface area (Å²) >= 11 is 1.43. The molecule has 0 bridgehead atoms. The Hall–Kier alpha value is -3.78. The number of nitrogens with zero attached hydrogens (tertiary/aromatic N) is 4. The molecule has 8 heteroatoms. The van der Waals surface area contributed by atoms with Crippen molar-refractivity contribution in [3.8, 4) is 11.6 Å². The molecule has 6 heterocycles. The van der Waals surface area contributed by atoms with Crippen LogP contribution >= 0.6 is 11.3 Å². The van der Waals surface area contributed by atoms with Crippen molar-refractivity contribution in [2.24, 2.45) is 0 Å². The molecular weight excluding hydrogens is 434 g/mol. The Kier molecular flexibility index (Phi) is 4.62. The van der Waals surface area contributed by atoms with Crippen molar-refractivity contribution in [1.82, 2.24) is 24.8 Å². The average Bonchev–Trinajstić information content (AvgIpc) is 3.58. The number of aromatic nitrogens is 4. The van der Waals surface area contributed by atoms with Gasteiger partial charge in [0, 0.05) is 41.8 Å². The van der Waals surface area contributed by atoms with Gasteiger partial charge in [0.15, 0.2) is 11.6 Å². The lowest BCUT2D eigenvalue weighted by Gasteiger charge is -2.26. The van der Waals surface area contributed by atoms with Crippen LogP contribution in [0.25, 0.3) is 38.4 Å². The summed E-state index contributed by atoms with van der Waals surface area (Å²) in [6.07, 6.45) is 8.36. The van der Waals surface area contributed by atoms with Crippen LogP contribution in [0, 0.1) is 13.8 Å². The summed E-state index contributed by atoms with van der Waals surface area (Å²) in [7, 11) is 0. The van der Waals surface area contributed by atoms with E-state index in [0.29, 0.717) is 24.7 Å². The molecule has 33 heavy (non-hydrogen) atoms. The van der Waals surface area contributed by atoms with E-state index >= 15 is 0 Å². The number of nitrogens with one attached hydrogen (secondary N) is 1. The number of pyridine rings is 1. The summed E-state index contributed by atoms with van der Waals surface area (Å²) in [5.74, 6) is 1.22. The monoisotopic (exact) mass is 455 g/mol. The third-order valence-electron chi connectivity index (χ3n) is 6.20. The average molecular weight is 456 g/mol. The van der Waals surface area contributed by atoms with Gasteiger partial charge in [-0.1, -0.05) is 6.08 Å². The maximum atomic E-state index is 13.4.